The number of carbonyl (C=O) groups is 1. The van der Waals surface area contributed by atoms with Crippen LogP contribution in [0.5, 0.6) is 0 Å². The van der Waals surface area contributed by atoms with Gasteiger partial charge in [0.25, 0.3) is 0 Å². The van der Waals surface area contributed by atoms with Crippen LogP contribution in [0.15, 0.2) is 101 Å². The molecule has 0 unspecified atom stereocenters. The van der Waals surface area contributed by atoms with Gasteiger partial charge in [-0.1, -0.05) is 54.6 Å². The fourth-order valence-electron chi connectivity index (χ4n) is 5.74. The molecule has 1 amide bonds. The lowest BCUT2D eigenvalue weighted by Gasteiger charge is -2.39. The molecule has 4 aromatic carbocycles. The summed E-state index contributed by atoms with van der Waals surface area (Å²) in [6.45, 7) is -8.58. The summed E-state index contributed by atoms with van der Waals surface area (Å²) in [5, 5.41) is -1.36. The average molecular weight is 762 g/mol. The summed E-state index contributed by atoms with van der Waals surface area (Å²) >= 11 is 0.0190. The lowest BCUT2D eigenvalue weighted by Crippen LogP contribution is -2.48. The Labute approximate surface area is 326 Å². The van der Waals surface area contributed by atoms with Crippen molar-refractivity contribution >= 4 is 28.6 Å². The molecule has 1 aliphatic rings. The number of piperidine rings is 1. The van der Waals surface area contributed by atoms with Gasteiger partial charge < -0.3 is 19.1 Å². The number of methoxy groups -OCH3 is 1. The van der Waals surface area contributed by atoms with Crippen molar-refractivity contribution in [3.63, 3.8) is 0 Å². The van der Waals surface area contributed by atoms with Crippen LogP contribution in [-0.4, -0.2) is 59.6 Å². The van der Waals surface area contributed by atoms with Gasteiger partial charge >= 0.3 is 6.18 Å². The van der Waals surface area contributed by atoms with Gasteiger partial charge in [0.1, 0.15) is 6.54 Å². The number of rotatable bonds is 12. The maximum atomic E-state index is 15.1. The van der Waals surface area contributed by atoms with Crippen LogP contribution in [0.1, 0.15) is 51.5 Å². The van der Waals surface area contributed by atoms with Crippen LogP contribution in [0.3, 0.4) is 0 Å². The number of pyridine rings is 1. The van der Waals surface area contributed by atoms with E-state index < -0.39 is 118 Å². The highest BCUT2D eigenvalue weighted by molar-refractivity contribution is 7.98. The minimum Gasteiger partial charge on any atom is -0.383 e. The zero-order valence-corrected chi connectivity index (χ0v) is 29.1. The lowest BCUT2D eigenvalue weighted by atomic mass is 10.00. The molecule has 0 saturated carbocycles. The van der Waals surface area contributed by atoms with Gasteiger partial charge in [-0.25, -0.2) is 8.78 Å². The number of thioether (sulfide) groups is 1. The predicted molar refractivity (Wildman–Crippen MR) is 198 cm³/mol. The third kappa shape index (κ3) is 9.17. The number of ether oxygens (including phenoxy) is 1. The number of fused-ring (bicyclic) bond motifs is 1. The van der Waals surface area contributed by atoms with E-state index in [1.807, 2.05) is 0 Å². The van der Waals surface area contributed by atoms with Gasteiger partial charge in [-0.15, -0.1) is 11.8 Å². The largest absolute Gasteiger partial charge is 0.416 e. The second-order valence-electron chi connectivity index (χ2n) is 12.0. The zero-order chi connectivity index (χ0) is 48.4. The average Bonchev–Trinajstić information content (AvgIpc) is 3.25. The fourth-order valence-corrected chi connectivity index (χ4v) is 6.52. The first-order chi connectivity index (χ1) is 30.1. The van der Waals surface area contributed by atoms with Crippen molar-refractivity contribution in [1.29, 1.82) is 0 Å². The summed E-state index contributed by atoms with van der Waals surface area (Å²) in [4.78, 5) is 30.9. The third-order valence-electron chi connectivity index (χ3n) is 8.47. The molecular weight excluding hydrogens is 710 g/mol. The molecule has 1 saturated heterocycles. The molecule has 5 aromatic rings. The molecule has 6 nitrogen and oxygen atoms in total. The molecule has 53 heavy (non-hydrogen) atoms. The molecule has 6 rings (SSSR count). The summed E-state index contributed by atoms with van der Waals surface area (Å²) in [7, 11) is 0.982. The van der Waals surface area contributed by atoms with E-state index in [-0.39, 0.29) is 48.8 Å². The number of halogens is 5. The first-order valence-electron chi connectivity index (χ1n) is 22.3. The van der Waals surface area contributed by atoms with E-state index in [0.717, 1.165) is 51.8 Å². The zero-order valence-electron chi connectivity index (χ0n) is 40.3. The Hall–Kier alpha value is -4.52. The molecule has 0 N–H and O–H groups in total. The van der Waals surface area contributed by atoms with Gasteiger partial charge in [-0.05, 0) is 72.3 Å². The number of benzene rings is 4. The van der Waals surface area contributed by atoms with Crippen LogP contribution in [-0.2, 0) is 34.5 Å². The van der Waals surface area contributed by atoms with Gasteiger partial charge in [0, 0.05) is 67.4 Å². The van der Waals surface area contributed by atoms with Gasteiger partial charge in [0.2, 0.25) is 5.91 Å². The smallest absolute Gasteiger partial charge is 0.383 e. The number of hydrogen-bond donors (Lipinski definition) is 0. The van der Waals surface area contributed by atoms with E-state index in [0.29, 0.717) is 11.1 Å². The Morgan fingerprint density at radius 1 is 1.00 bits per heavy atom. The summed E-state index contributed by atoms with van der Waals surface area (Å²) in [6.07, 6.45) is -4.94. The van der Waals surface area contributed by atoms with Crippen LogP contribution in [0.4, 0.5) is 22.0 Å². The Morgan fingerprint density at radius 2 is 1.68 bits per heavy atom. The van der Waals surface area contributed by atoms with Crippen molar-refractivity contribution in [2.24, 2.45) is 0 Å². The molecule has 1 aliphatic heterocycles. The molecule has 12 heteroatoms. The number of likely N-dealkylation sites (tertiary alicyclic amines) is 1. The summed E-state index contributed by atoms with van der Waals surface area (Å²) < 4.78 is 180. The monoisotopic (exact) mass is 761 g/mol. The number of nitrogens with zero attached hydrogens (tertiary/aromatic N) is 3. The van der Waals surface area contributed by atoms with E-state index in [1.54, 1.807) is 0 Å². The van der Waals surface area contributed by atoms with E-state index in [4.69, 9.17) is 18.4 Å². The normalized spacial score (nSPS) is 18.5. The molecule has 278 valence electrons. The molecule has 1 fully saturated rings. The number of alkyl halides is 3. The Morgan fingerprint density at radius 3 is 2.34 bits per heavy atom. The van der Waals surface area contributed by atoms with Crippen LogP contribution < -0.4 is 5.43 Å². The summed E-state index contributed by atoms with van der Waals surface area (Å²) in [5.41, 5.74) is -6.06. The SMILES string of the molecule is [2H]c1c(C)c([2H])c2c(c1[2H])c(=O)c([2H])c(SC([2H])([2H])c1cccc(F)c1F)n2CC(=O)N(C1CCN(C([2H])([2H])C([2H])([2H])OC)CC1)C([2H])([2H])c1ccc(-c2ccc(C(F)(F)F)cc2)cc1. The highest BCUT2D eigenvalue weighted by Crippen LogP contribution is 2.32. The number of carbonyl (C=O) groups excluding carboxylic acids is 1. The topological polar surface area (TPSA) is 54.8 Å². The van der Waals surface area contributed by atoms with Crippen LogP contribution in [0.25, 0.3) is 22.0 Å². The Balaban J connectivity index is 1.50. The second kappa shape index (κ2) is 16.7. The molecule has 0 atom stereocenters. The molecule has 0 aliphatic carbocycles. The number of amides is 1. The van der Waals surface area contributed by atoms with Crippen LogP contribution in [0, 0.1) is 18.6 Å². The van der Waals surface area contributed by atoms with Gasteiger partial charge in [-0.2, -0.15) is 13.2 Å². The van der Waals surface area contributed by atoms with Gasteiger partial charge in [-0.3, -0.25) is 9.59 Å². The standard InChI is InChI=1S/C41H40F5N3O3S/c1-27-6-15-34-36(22-27)49(39(23-37(34)50)53-26-31-4-3-5-35(42)40(31)43)25-38(51)48(33-16-18-47(19-17-33)20-21-52-2)24-28-7-9-29(10-8-28)30-11-13-32(14-12-30)41(44,45)46/h3-15,22-23,33H,16-21,24-26H2,1-2H3/i6D,15D,20D2,21D2,22D,23D,24D2,26D2. The van der Waals surface area contributed by atoms with Gasteiger partial charge in [0.05, 0.1) is 33.6 Å². The minimum atomic E-state index is -4.59. The quantitative estimate of drug-likeness (QED) is 0.0941. The van der Waals surface area contributed by atoms with E-state index >= 15 is 9.18 Å². The maximum absolute atomic E-state index is 15.1. The van der Waals surface area contributed by atoms with Crippen molar-refractivity contribution in [1.82, 2.24) is 14.4 Å². The predicted octanol–water partition coefficient (Wildman–Crippen LogP) is 8.71. The van der Waals surface area contributed by atoms with Crippen LogP contribution in [0.2, 0.25) is 0 Å². The third-order valence-corrected chi connectivity index (χ3v) is 9.30. The lowest BCUT2D eigenvalue weighted by molar-refractivity contribution is -0.137. The Bertz CT molecular complexity index is 2700. The maximum Gasteiger partial charge on any atom is 0.416 e. The van der Waals surface area contributed by atoms with Crippen molar-refractivity contribution in [3.05, 3.63) is 135 Å². The summed E-state index contributed by atoms with van der Waals surface area (Å²) in [5.74, 6) is -4.14. The highest BCUT2D eigenvalue weighted by atomic mass is 32.2. The first-order valence-corrected chi connectivity index (χ1v) is 17.1. The van der Waals surface area contributed by atoms with Crippen molar-refractivity contribution < 1.29 is 47.9 Å². The van der Waals surface area contributed by atoms with Gasteiger partial charge in [0.15, 0.2) is 17.1 Å². The Kier molecular flexibility index (Phi) is 8.01. The summed E-state index contributed by atoms with van der Waals surface area (Å²) in [6, 6.07) is 8.28. The fraction of sp³-hybridized carbons (Fsp3) is 0.317. The first kappa shape index (κ1) is 25.5. The van der Waals surface area contributed by atoms with E-state index in [2.05, 4.69) is 0 Å². The molecule has 1 aromatic heterocycles. The van der Waals surface area contributed by atoms with Crippen LogP contribution >= 0.6 is 11.8 Å². The van der Waals surface area contributed by atoms with Crippen molar-refractivity contribution in [2.45, 2.75) is 55.8 Å². The molecule has 0 spiro atoms. The molecular formula is C41H40F5N3O3S. The van der Waals surface area contributed by atoms with Crippen molar-refractivity contribution in [2.75, 3.05) is 33.3 Å². The number of hydrogen-bond acceptors (Lipinski definition) is 5. The second-order valence-corrected chi connectivity index (χ2v) is 12.8. The van der Waals surface area contributed by atoms with E-state index in [9.17, 15) is 25.1 Å². The minimum absolute atomic E-state index is 0.0190. The molecule has 0 bridgehead atoms. The van der Waals surface area contributed by atoms with E-state index in [1.165, 1.54) is 43.3 Å². The number of aromatic nitrogens is 1. The highest BCUT2D eigenvalue weighted by Gasteiger charge is 2.31. The van der Waals surface area contributed by atoms with Crippen molar-refractivity contribution in [3.8, 4) is 11.1 Å². The molecule has 0 radical (unpaired) electrons. The molecule has 2 heterocycles.